The molecule has 0 saturated carbocycles. The number of hydrogen-bond acceptors (Lipinski definition) is 2. The first kappa shape index (κ1) is 5.22. The molecule has 41 valence electrons. The highest BCUT2D eigenvalue weighted by atomic mass is 16.1. The highest BCUT2D eigenvalue weighted by Crippen LogP contribution is 1.98. The predicted octanol–water partition coefficient (Wildman–Crippen LogP) is 0.495. The van der Waals surface area contributed by atoms with E-state index in [1.54, 1.807) is 12.5 Å². The van der Waals surface area contributed by atoms with E-state index < -0.39 is 0 Å². The second-order valence-electron chi connectivity index (χ2n) is 1.60. The zero-order chi connectivity index (χ0) is 5.82. The maximum absolute atomic E-state index is 9.89. The number of carbonyl (C=O) groups excluding carboxylic acids is 1. The highest BCUT2D eigenvalue weighted by molar-refractivity contribution is 5.76. The topological polar surface area (TPSA) is 29.4 Å². The first-order valence-corrected chi connectivity index (χ1v) is 2.49. The van der Waals surface area contributed by atoms with Gasteiger partial charge in [0.25, 0.3) is 0 Å². The van der Waals surface area contributed by atoms with Gasteiger partial charge in [-0.15, -0.1) is 0 Å². The minimum Gasteiger partial charge on any atom is -0.288 e. The molecule has 0 aliphatic carbocycles. The molecule has 1 rings (SSSR count). The molecular formula is C6H6NO. The Hall–Kier alpha value is -0.920. The Labute approximate surface area is 47.9 Å². The van der Waals surface area contributed by atoms with Crippen LogP contribution in [-0.4, -0.2) is 18.5 Å². The van der Waals surface area contributed by atoms with Crippen molar-refractivity contribution >= 4 is 12.5 Å². The molecule has 0 aromatic rings. The predicted molar refractivity (Wildman–Crippen MR) is 31.7 cm³/mol. The van der Waals surface area contributed by atoms with Crippen LogP contribution < -0.4 is 0 Å². The van der Waals surface area contributed by atoms with Crippen molar-refractivity contribution in [1.82, 2.24) is 0 Å². The van der Waals surface area contributed by atoms with Gasteiger partial charge in [-0.2, -0.15) is 0 Å². The lowest BCUT2D eigenvalue weighted by Crippen LogP contribution is -2.06. The molecule has 8 heavy (non-hydrogen) atoms. The molecule has 1 radical (unpaired) electrons. The molecular weight excluding hydrogens is 102 g/mol. The van der Waals surface area contributed by atoms with E-state index in [1.165, 1.54) is 0 Å². The van der Waals surface area contributed by atoms with Gasteiger partial charge in [0, 0.05) is 6.21 Å². The van der Waals surface area contributed by atoms with Crippen molar-refractivity contribution < 1.29 is 4.79 Å². The second kappa shape index (κ2) is 2.40. The van der Waals surface area contributed by atoms with E-state index >= 15 is 0 Å². The van der Waals surface area contributed by atoms with Gasteiger partial charge in [-0.05, 0) is 12.5 Å². The molecule has 0 aromatic heterocycles. The van der Waals surface area contributed by atoms with Gasteiger partial charge >= 0.3 is 0 Å². The van der Waals surface area contributed by atoms with Crippen LogP contribution in [0.2, 0.25) is 0 Å². The zero-order valence-electron chi connectivity index (χ0n) is 4.37. The van der Waals surface area contributed by atoms with Crippen LogP contribution in [0.1, 0.15) is 6.42 Å². The van der Waals surface area contributed by atoms with Crippen molar-refractivity contribution in [3.63, 3.8) is 0 Å². The van der Waals surface area contributed by atoms with Gasteiger partial charge in [0.15, 0.2) is 0 Å². The van der Waals surface area contributed by atoms with E-state index in [0.29, 0.717) is 6.42 Å². The Morgan fingerprint density at radius 2 is 2.62 bits per heavy atom. The molecule has 0 aromatic carbocycles. The van der Waals surface area contributed by atoms with Crippen LogP contribution in [0.25, 0.3) is 0 Å². The third kappa shape index (κ3) is 1.03. The fourth-order valence-electron chi connectivity index (χ4n) is 0.561. The molecule has 1 heterocycles. The maximum Gasteiger partial charge on any atom is 0.225 e. The summed E-state index contributed by atoms with van der Waals surface area (Å²) < 4.78 is 0. The van der Waals surface area contributed by atoms with Gasteiger partial charge in [-0.3, -0.25) is 9.79 Å². The number of dihydropyridines is 1. The third-order valence-corrected chi connectivity index (χ3v) is 0.984. The Bertz CT molecular complexity index is 137. The molecule has 0 N–H and O–H groups in total. The minimum atomic E-state index is -0.236. The van der Waals surface area contributed by atoms with Crippen LogP contribution in [-0.2, 0) is 4.79 Å². The average Bonchev–Trinajstić information content (AvgIpc) is 1.90. The van der Waals surface area contributed by atoms with Crippen molar-refractivity contribution in [1.29, 1.82) is 0 Å². The molecule has 2 heteroatoms. The summed E-state index contributed by atoms with van der Waals surface area (Å²) in [5.41, 5.74) is 0. The van der Waals surface area contributed by atoms with Gasteiger partial charge in [-0.1, -0.05) is 6.08 Å². The van der Waals surface area contributed by atoms with Crippen molar-refractivity contribution in [3.8, 4) is 0 Å². The summed E-state index contributed by atoms with van der Waals surface area (Å²) in [5, 5.41) is 0. The number of allylic oxidation sites excluding steroid dienone is 1. The Kier molecular flexibility index (Phi) is 1.57. The van der Waals surface area contributed by atoms with Gasteiger partial charge in [0.1, 0.15) is 6.04 Å². The smallest absolute Gasteiger partial charge is 0.225 e. The minimum absolute atomic E-state index is 0.236. The van der Waals surface area contributed by atoms with Crippen LogP contribution in [0.15, 0.2) is 17.1 Å². The lowest BCUT2D eigenvalue weighted by Gasteiger charge is -2.00. The first-order valence-electron chi connectivity index (χ1n) is 2.49. The summed E-state index contributed by atoms with van der Waals surface area (Å²) >= 11 is 0. The van der Waals surface area contributed by atoms with Gasteiger partial charge in [0.2, 0.25) is 6.29 Å². The standard InChI is InChI=1S/C6H6NO/c8-5-6-3-1-2-4-7-6/h1-2,4,6H,3H2. The summed E-state index contributed by atoms with van der Waals surface area (Å²) in [7, 11) is 0. The summed E-state index contributed by atoms with van der Waals surface area (Å²) in [6.07, 6.45) is 7.87. The van der Waals surface area contributed by atoms with Crippen LogP contribution >= 0.6 is 0 Å². The SMILES string of the molecule is O=[C]C1CC=CC=N1. The number of nitrogens with zero attached hydrogens (tertiary/aromatic N) is 1. The monoisotopic (exact) mass is 108 g/mol. The second-order valence-corrected chi connectivity index (χ2v) is 1.60. The Morgan fingerprint density at radius 1 is 1.75 bits per heavy atom. The van der Waals surface area contributed by atoms with E-state index in [0.717, 1.165) is 0 Å². The van der Waals surface area contributed by atoms with E-state index in [9.17, 15) is 4.79 Å². The molecule has 1 unspecified atom stereocenters. The zero-order valence-corrected chi connectivity index (χ0v) is 4.37. The molecule has 0 saturated heterocycles. The van der Waals surface area contributed by atoms with Crippen LogP contribution in [0, 0.1) is 0 Å². The molecule has 1 aliphatic heterocycles. The fraction of sp³-hybridized carbons (Fsp3) is 0.333. The Morgan fingerprint density at radius 3 is 3.00 bits per heavy atom. The van der Waals surface area contributed by atoms with Gasteiger partial charge in [0.05, 0.1) is 0 Å². The maximum atomic E-state index is 9.89. The molecule has 0 spiro atoms. The van der Waals surface area contributed by atoms with Crippen LogP contribution in [0.5, 0.6) is 0 Å². The van der Waals surface area contributed by atoms with E-state index in [1.807, 2.05) is 12.2 Å². The fourth-order valence-corrected chi connectivity index (χ4v) is 0.561. The molecule has 2 nitrogen and oxygen atoms in total. The van der Waals surface area contributed by atoms with Crippen molar-refractivity contribution in [2.24, 2.45) is 4.99 Å². The van der Waals surface area contributed by atoms with Crippen molar-refractivity contribution in [2.45, 2.75) is 12.5 Å². The molecule has 0 fully saturated rings. The number of hydrogen-bond donors (Lipinski definition) is 0. The van der Waals surface area contributed by atoms with Gasteiger partial charge in [-0.25, -0.2) is 0 Å². The normalized spacial score (nSPS) is 25.8. The first-order chi connectivity index (χ1) is 3.93. The van der Waals surface area contributed by atoms with Crippen molar-refractivity contribution in [3.05, 3.63) is 12.2 Å². The number of rotatable bonds is 1. The summed E-state index contributed by atoms with van der Waals surface area (Å²) in [6.45, 7) is 0. The highest BCUT2D eigenvalue weighted by Gasteiger charge is 2.02. The van der Waals surface area contributed by atoms with Crippen molar-refractivity contribution in [2.75, 3.05) is 0 Å². The van der Waals surface area contributed by atoms with E-state index in [4.69, 9.17) is 0 Å². The Balaban J connectivity index is 2.51. The quantitative estimate of drug-likeness (QED) is 0.480. The average molecular weight is 108 g/mol. The van der Waals surface area contributed by atoms with Gasteiger partial charge < -0.3 is 0 Å². The summed E-state index contributed by atoms with van der Waals surface area (Å²) in [4.78, 5) is 13.7. The molecule has 0 amide bonds. The summed E-state index contributed by atoms with van der Waals surface area (Å²) in [5.74, 6) is 0. The van der Waals surface area contributed by atoms with Crippen LogP contribution in [0.4, 0.5) is 0 Å². The van der Waals surface area contributed by atoms with E-state index in [-0.39, 0.29) is 6.04 Å². The van der Waals surface area contributed by atoms with Crippen LogP contribution in [0.3, 0.4) is 0 Å². The molecule has 0 bridgehead atoms. The third-order valence-electron chi connectivity index (χ3n) is 0.984. The molecule has 1 atom stereocenters. The van der Waals surface area contributed by atoms with E-state index in [2.05, 4.69) is 4.99 Å². The lowest BCUT2D eigenvalue weighted by molar-refractivity contribution is 0.542. The lowest BCUT2D eigenvalue weighted by atomic mass is 10.2. The largest absolute Gasteiger partial charge is 0.288 e. The molecule has 1 aliphatic rings. The number of aliphatic imine (C=N–C) groups is 1. The summed E-state index contributed by atoms with van der Waals surface area (Å²) in [6, 6.07) is -0.236.